The van der Waals surface area contributed by atoms with Crippen LogP contribution in [-0.4, -0.2) is 37.2 Å². The van der Waals surface area contributed by atoms with Crippen LogP contribution in [0.1, 0.15) is 37.8 Å². The molecule has 0 amide bonds. The first-order chi connectivity index (χ1) is 14.1. The predicted octanol–water partition coefficient (Wildman–Crippen LogP) is 5.03. The molecule has 158 valence electrons. The van der Waals surface area contributed by atoms with Gasteiger partial charge in [0, 0.05) is 24.7 Å². The number of ether oxygens (including phenoxy) is 2. The minimum absolute atomic E-state index is 0.255. The van der Waals surface area contributed by atoms with Crippen molar-refractivity contribution in [2.45, 2.75) is 45.9 Å². The zero-order valence-corrected chi connectivity index (χ0v) is 18.0. The Hall–Kier alpha value is -1.82. The van der Waals surface area contributed by atoms with Crippen molar-refractivity contribution >= 4 is 11.6 Å². The van der Waals surface area contributed by atoms with Gasteiger partial charge in [-0.25, -0.2) is 4.39 Å². The van der Waals surface area contributed by atoms with Gasteiger partial charge in [-0.1, -0.05) is 30.7 Å². The number of nitrogens with zero attached hydrogens (tertiary/aromatic N) is 1. The van der Waals surface area contributed by atoms with Crippen molar-refractivity contribution in [2.75, 3.05) is 26.2 Å². The SMILES string of the molecule is CCOc1cc(CNC[C@H]2CCCN2CC)ccc1OCc1ccc(F)cc1Cl. The molecule has 1 N–H and O–H groups in total. The van der Waals surface area contributed by atoms with Gasteiger partial charge in [-0.05, 0) is 62.7 Å². The standard InChI is InChI=1S/C23H30ClFN2O2/c1-3-27-11-5-6-20(27)15-26-14-17-7-10-22(23(12-17)28-4-2)29-16-18-8-9-19(25)13-21(18)24/h7-10,12-13,20,26H,3-6,11,14-16H2,1-2H3/t20-/m1/s1. The molecule has 0 aliphatic carbocycles. The summed E-state index contributed by atoms with van der Waals surface area (Å²) in [5.41, 5.74) is 1.89. The van der Waals surface area contributed by atoms with E-state index in [2.05, 4.69) is 17.1 Å². The molecule has 1 heterocycles. The highest BCUT2D eigenvalue weighted by atomic mass is 35.5. The molecule has 1 atom stereocenters. The number of likely N-dealkylation sites (tertiary alicyclic amines) is 1. The van der Waals surface area contributed by atoms with Crippen LogP contribution in [-0.2, 0) is 13.2 Å². The first kappa shape index (κ1) is 21.9. The summed E-state index contributed by atoms with van der Waals surface area (Å²) in [4.78, 5) is 2.54. The number of likely N-dealkylation sites (N-methyl/N-ethyl adjacent to an activating group) is 1. The van der Waals surface area contributed by atoms with E-state index in [1.165, 1.54) is 31.5 Å². The van der Waals surface area contributed by atoms with Gasteiger partial charge in [0.1, 0.15) is 12.4 Å². The Morgan fingerprint density at radius 1 is 1.14 bits per heavy atom. The molecule has 1 fully saturated rings. The van der Waals surface area contributed by atoms with E-state index in [1.807, 2.05) is 25.1 Å². The highest BCUT2D eigenvalue weighted by molar-refractivity contribution is 6.31. The quantitative estimate of drug-likeness (QED) is 0.584. The maximum Gasteiger partial charge on any atom is 0.161 e. The zero-order chi connectivity index (χ0) is 20.6. The Labute approximate surface area is 178 Å². The van der Waals surface area contributed by atoms with Gasteiger partial charge in [0.2, 0.25) is 0 Å². The van der Waals surface area contributed by atoms with Gasteiger partial charge in [-0.15, -0.1) is 0 Å². The molecule has 4 nitrogen and oxygen atoms in total. The number of benzene rings is 2. The van der Waals surface area contributed by atoms with Crippen LogP contribution < -0.4 is 14.8 Å². The van der Waals surface area contributed by atoms with E-state index >= 15 is 0 Å². The van der Waals surface area contributed by atoms with E-state index in [-0.39, 0.29) is 12.4 Å². The third-order valence-electron chi connectivity index (χ3n) is 5.32. The zero-order valence-electron chi connectivity index (χ0n) is 17.2. The molecule has 0 bridgehead atoms. The lowest BCUT2D eigenvalue weighted by molar-refractivity contribution is 0.259. The van der Waals surface area contributed by atoms with Crippen molar-refractivity contribution < 1.29 is 13.9 Å². The number of nitrogens with one attached hydrogen (secondary N) is 1. The van der Waals surface area contributed by atoms with Crippen molar-refractivity contribution in [3.8, 4) is 11.5 Å². The maximum absolute atomic E-state index is 13.2. The van der Waals surface area contributed by atoms with Crippen LogP contribution in [0.15, 0.2) is 36.4 Å². The van der Waals surface area contributed by atoms with Crippen LogP contribution in [0.2, 0.25) is 5.02 Å². The van der Waals surface area contributed by atoms with Crippen LogP contribution in [0.25, 0.3) is 0 Å². The number of hydrogen-bond acceptors (Lipinski definition) is 4. The topological polar surface area (TPSA) is 33.7 Å². The summed E-state index contributed by atoms with van der Waals surface area (Å²) in [6.07, 6.45) is 2.56. The van der Waals surface area contributed by atoms with E-state index in [0.717, 1.165) is 30.8 Å². The lowest BCUT2D eigenvalue weighted by Crippen LogP contribution is -2.37. The Balaban J connectivity index is 1.59. The first-order valence-corrected chi connectivity index (χ1v) is 10.8. The molecule has 0 radical (unpaired) electrons. The van der Waals surface area contributed by atoms with Crippen molar-refractivity contribution in [1.82, 2.24) is 10.2 Å². The van der Waals surface area contributed by atoms with Crippen molar-refractivity contribution in [3.05, 3.63) is 58.4 Å². The molecule has 1 aliphatic heterocycles. The van der Waals surface area contributed by atoms with Crippen molar-refractivity contribution in [2.24, 2.45) is 0 Å². The average Bonchev–Trinajstić information content (AvgIpc) is 3.16. The average molecular weight is 421 g/mol. The molecule has 1 aliphatic rings. The minimum Gasteiger partial charge on any atom is -0.490 e. The van der Waals surface area contributed by atoms with Crippen LogP contribution in [0.5, 0.6) is 11.5 Å². The summed E-state index contributed by atoms with van der Waals surface area (Å²) >= 11 is 6.09. The second-order valence-corrected chi connectivity index (χ2v) is 7.70. The molecule has 29 heavy (non-hydrogen) atoms. The van der Waals surface area contributed by atoms with Crippen LogP contribution >= 0.6 is 11.6 Å². The van der Waals surface area contributed by atoms with Gasteiger partial charge >= 0.3 is 0 Å². The van der Waals surface area contributed by atoms with Crippen LogP contribution in [0.3, 0.4) is 0 Å². The van der Waals surface area contributed by atoms with E-state index in [4.69, 9.17) is 21.1 Å². The van der Waals surface area contributed by atoms with Crippen molar-refractivity contribution in [1.29, 1.82) is 0 Å². The normalized spacial score (nSPS) is 16.9. The minimum atomic E-state index is -0.356. The van der Waals surface area contributed by atoms with Crippen LogP contribution in [0.4, 0.5) is 4.39 Å². The molecular formula is C23H30ClFN2O2. The van der Waals surface area contributed by atoms with E-state index in [0.29, 0.717) is 29.2 Å². The Morgan fingerprint density at radius 2 is 2.00 bits per heavy atom. The molecule has 2 aromatic carbocycles. The molecule has 0 aromatic heterocycles. The Morgan fingerprint density at radius 3 is 2.76 bits per heavy atom. The van der Waals surface area contributed by atoms with E-state index in [1.54, 1.807) is 6.07 Å². The number of halogens is 2. The molecule has 1 saturated heterocycles. The molecule has 0 spiro atoms. The Bertz CT molecular complexity index is 802. The van der Waals surface area contributed by atoms with Crippen LogP contribution in [0, 0.1) is 5.82 Å². The largest absolute Gasteiger partial charge is 0.490 e. The van der Waals surface area contributed by atoms with E-state index in [9.17, 15) is 4.39 Å². The second-order valence-electron chi connectivity index (χ2n) is 7.29. The van der Waals surface area contributed by atoms with E-state index < -0.39 is 0 Å². The highest BCUT2D eigenvalue weighted by Crippen LogP contribution is 2.30. The third kappa shape index (κ3) is 6.08. The lowest BCUT2D eigenvalue weighted by atomic mass is 10.1. The fourth-order valence-electron chi connectivity index (χ4n) is 3.77. The molecule has 2 aromatic rings. The Kier molecular flexibility index (Phi) is 8.16. The summed E-state index contributed by atoms with van der Waals surface area (Å²) in [5, 5.41) is 3.93. The van der Waals surface area contributed by atoms with Gasteiger partial charge in [-0.3, -0.25) is 4.90 Å². The predicted molar refractivity (Wildman–Crippen MR) is 115 cm³/mol. The molecule has 0 saturated carbocycles. The van der Waals surface area contributed by atoms with Gasteiger partial charge in [-0.2, -0.15) is 0 Å². The monoisotopic (exact) mass is 420 g/mol. The molecule has 6 heteroatoms. The lowest BCUT2D eigenvalue weighted by Gasteiger charge is -2.23. The smallest absolute Gasteiger partial charge is 0.161 e. The summed E-state index contributed by atoms with van der Waals surface area (Å²) in [6.45, 7) is 9.10. The highest BCUT2D eigenvalue weighted by Gasteiger charge is 2.22. The van der Waals surface area contributed by atoms with Gasteiger partial charge in [0.05, 0.1) is 11.6 Å². The number of rotatable bonds is 10. The summed E-state index contributed by atoms with van der Waals surface area (Å²) in [5.74, 6) is 1.01. The summed E-state index contributed by atoms with van der Waals surface area (Å²) < 4.78 is 24.9. The first-order valence-electron chi connectivity index (χ1n) is 10.4. The third-order valence-corrected chi connectivity index (χ3v) is 5.67. The van der Waals surface area contributed by atoms with Crippen molar-refractivity contribution in [3.63, 3.8) is 0 Å². The van der Waals surface area contributed by atoms with Gasteiger partial charge in [0.25, 0.3) is 0 Å². The summed E-state index contributed by atoms with van der Waals surface area (Å²) in [7, 11) is 0. The molecule has 3 rings (SSSR count). The molecule has 0 unspecified atom stereocenters. The van der Waals surface area contributed by atoms with Gasteiger partial charge in [0.15, 0.2) is 11.5 Å². The fourth-order valence-corrected chi connectivity index (χ4v) is 3.99. The summed E-state index contributed by atoms with van der Waals surface area (Å²) in [6, 6.07) is 10.9. The fraction of sp³-hybridized carbons (Fsp3) is 0.478. The second kappa shape index (κ2) is 10.8. The van der Waals surface area contributed by atoms with Gasteiger partial charge < -0.3 is 14.8 Å². The maximum atomic E-state index is 13.2. The number of hydrogen-bond donors (Lipinski definition) is 1. The molecular weight excluding hydrogens is 391 g/mol.